The quantitative estimate of drug-likeness (QED) is 0.547. The number of para-hydroxylation sites is 1. The average molecular weight is 428 g/mol. The maximum absolute atomic E-state index is 12.8. The van der Waals surface area contributed by atoms with Gasteiger partial charge in [0.25, 0.3) is 10.0 Å². The van der Waals surface area contributed by atoms with Crippen LogP contribution < -0.4 is 9.46 Å². The Kier molecular flexibility index (Phi) is 5.53. The molecule has 0 aliphatic carbocycles. The number of halogens is 4. The molecule has 1 N–H and O–H groups in total. The van der Waals surface area contributed by atoms with Gasteiger partial charge in [-0.15, -0.1) is 0 Å². The Morgan fingerprint density at radius 1 is 0.893 bits per heavy atom. The largest absolute Gasteiger partial charge is 0.456 e. The first-order valence-corrected chi connectivity index (χ1v) is 9.74. The van der Waals surface area contributed by atoms with Crippen LogP contribution in [0.15, 0.2) is 77.7 Å². The zero-order valence-electron chi connectivity index (χ0n) is 14.1. The molecule has 0 heterocycles. The van der Waals surface area contributed by atoms with Crippen LogP contribution in [0.1, 0.15) is 5.56 Å². The second-order valence-corrected chi connectivity index (χ2v) is 7.78. The van der Waals surface area contributed by atoms with Crippen LogP contribution in [0, 0.1) is 0 Å². The van der Waals surface area contributed by atoms with E-state index in [4.69, 9.17) is 16.3 Å². The van der Waals surface area contributed by atoms with Gasteiger partial charge in [0, 0.05) is 5.69 Å². The van der Waals surface area contributed by atoms with E-state index >= 15 is 0 Å². The van der Waals surface area contributed by atoms with Crippen LogP contribution in [0.3, 0.4) is 0 Å². The van der Waals surface area contributed by atoms with Gasteiger partial charge in [-0.05, 0) is 54.6 Å². The summed E-state index contributed by atoms with van der Waals surface area (Å²) in [6, 6.07) is 16.2. The highest BCUT2D eigenvalue weighted by Crippen LogP contribution is 2.32. The van der Waals surface area contributed by atoms with Gasteiger partial charge < -0.3 is 4.74 Å². The molecule has 0 aliphatic rings. The van der Waals surface area contributed by atoms with Crippen molar-refractivity contribution in [3.63, 3.8) is 0 Å². The van der Waals surface area contributed by atoms with Crippen LogP contribution in [-0.4, -0.2) is 8.42 Å². The van der Waals surface area contributed by atoms with Crippen LogP contribution in [0.25, 0.3) is 0 Å². The molecular weight excluding hydrogens is 415 g/mol. The first kappa shape index (κ1) is 20.0. The second kappa shape index (κ2) is 7.73. The van der Waals surface area contributed by atoms with Gasteiger partial charge in [0.05, 0.1) is 15.5 Å². The second-order valence-electron chi connectivity index (χ2n) is 5.69. The summed E-state index contributed by atoms with van der Waals surface area (Å²) in [6.07, 6.45) is -4.64. The Morgan fingerprint density at radius 3 is 2.21 bits per heavy atom. The summed E-state index contributed by atoms with van der Waals surface area (Å²) in [7, 11) is -4.19. The smallest absolute Gasteiger partial charge is 0.416 e. The molecule has 0 atom stereocenters. The van der Waals surface area contributed by atoms with Gasteiger partial charge in [0.1, 0.15) is 11.5 Å². The zero-order valence-corrected chi connectivity index (χ0v) is 15.6. The Bertz CT molecular complexity index is 1080. The van der Waals surface area contributed by atoms with E-state index in [1.54, 1.807) is 24.3 Å². The molecule has 3 rings (SSSR count). The molecule has 0 unspecified atom stereocenters. The monoisotopic (exact) mass is 427 g/mol. The van der Waals surface area contributed by atoms with Gasteiger partial charge >= 0.3 is 6.18 Å². The molecule has 0 aromatic heterocycles. The van der Waals surface area contributed by atoms with Crippen molar-refractivity contribution in [2.24, 2.45) is 0 Å². The third kappa shape index (κ3) is 4.76. The minimum atomic E-state index is -4.64. The summed E-state index contributed by atoms with van der Waals surface area (Å²) < 4.78 is 71.0. The molecule has 146 valence electrons. The van der Waals surface area contributed by atoms with Crippen molar-refractivity contribution in [3.05, 3.63) is 83.4 Å². The van der Waals surface area contributed by atoms with E-state index in [1.165, 1.54) is 24.3 Å². The Balaban J connectivity index is 1.77. The summed E-state index contributed by atoms with van der Waals surface area (Å²) in [6.45, 7) is 0. The predicted molar refractivity (Wildman–Crippen MR) is 100 cm³/mol. The van der Waals surface area contributed by atoms with Gasteiger partial charge in [0.15, 0.2) is 0 Å². The van der Waals surface area contributed by atoms with Crippen LogP contribution in [0.4, 0.5) is 18.9 Å². The number of alkyl halides is 3. The van der Waals surface area contributed by atoms with Gasteiger partial charge in [-0.1, -0.05) is 29.8 Å². The lowest BCUT2D eigenvalue weighted by atomic mass is 10.2. The lowest BCUT2D eigenvalue weighted by molar-refractivity contribution is -0.137. The number of hydrogen-bond donors (Lipinski definition) is 1. The van der Waals surface area contributed by atoms with Gasteiger partial charge in [0.2, 0.25) is 0 Å². The molecular formula is C19H13ClF3NO3S. The molecule has 28 heavy (non-hydrogen) atoms. The van der Waals surface area contributed by atoms with Gasteiger partial charge in [-0.2, -0.15) is 13.2 Å². The van der Waals surface area contributed by atoms with Crippen molar-refractivity contribution in [1.29, 1.82) is 0 Å². The van der Waals surface area contributed by atoms with E-state index < -0.39 is 26.7 Å². The number of hydrogen-bond acceptors (Lipinski definition) is 3. The molecule has 0 aliphatic heterocycles. The lowest BCUT2D eigenvalue weighted by Gasteiger charge is -2.12. The molecule has 3 aromatic rings. The lowest BCUT2D eigenvalue weighted by Crippen LogP contribution is -2.14. The third-order valence-electron chi connectivity index (χ3n) is 3.64. The standard InChI is InChI=1S/C19H13ClF3NO3S/c20-17-6-1-2-7-18(17)27-15-10-8-14(9-11-15)24-28(25,26)16-5-3-4-13(12-16)19(21,22)23/h1-12,24H. The number of anilines is 1. The van der Waals surface area contributed by atoms with E-state index in [1.807, 2.05) is 0 Å². The topological polar surface area (TPSA) is 55.4 Å². The molecule has 0 saturated heterocycles. The number of sulfonamides is 1. The van der Waals surface area contributed by atoms with Crippen molar-refractivity contribution in [2.75, 3.05) is 4.72 Å². The fraction of sp³-hybridized carbons (Fsp3) is 0.0526. The van der Waals surface area contributed by atoms with Crippen LogP contribution in [0.2, 0.25) is 5.02 Å². The maximum Gasteiger partial charge on any atom is 0.416 e. The van der Waals surface area contributed by atoms with Gasteiger partial charge in [-0.3, -0.25) is 4.72 Å². The Labute approximate surface area is 164 Å². The van der Waals surface area contributed by atoms with E-state index in [0.717, 1.165) is 18.2 Å². The third-order valence-corrected chi connectivity index (χ3v) is 5.33. The minimum absolute atomic E-state index is 0.170. The fourth-order valence-electron chi connectivity index (χ4n) is 2.30. The maximum atomic E-state index is 12.8. The van der Waals surface area contributed by atoms with E-state index in [9.17, 15) is 21.6 Å². The Morgan fingerprint density at radius 2 is 1.57 bits per heavy atom. The Hall–Kier alpha value is -2.71. The summed E-state index contributed by atoms with van der Waals surface area (Å²) in [5.41, 5.74) is -0.872. The SMILES string of the molecule is O=S(=O)(Nc1ccc(Oc2ccccc2Cl)cc1)c1cccc(C(F)(F)F)c1. The summed E-state index contributed by atoms with van der Waals surface area (Å²) in [5, 5.41) is 0.414. The van der Waals surface area contributed by atoms with Gasteiger partial charge in [-0.25, -0.2) is 8.42 Å². The first-order valence-electron chi connectivity index (χ1n) is 7.88. The highest BCUT2D eigenvalue weighted by atomic mass is 35.5. The van der Waals surface area contributed by atoms with Crippen molar-refractivity contribution in [1.82, 2.24) is 0 Å². The number of nitrogens with one attached hydrogen (secondary N) is 1. The van der Waals surface area contributed by atoms with E-state index in [2.05, 4.69) is 4.72 Å². The highest BCUT2D eigenvalue weighted by molar-refractivity contribution is 7.92. The van der Waals surface area contributed by atoms with Crippen LogP contribution >= 0.6 is 11.6 Å². The van der Waals surface area contributed by atoms with E-state index in [-0.39, 0.29) is 5.69 Å². The zero-order chi connectivity index (χ0) is 20.4. The molecule has 0 bridgehead atoms. The average Bonchev–Trinajstić information content (AvgIpc) is 2.64. The molecule has 0 amide bonds. The molecule has 9 heteroatoms. The number of ether oxygens (including phenoxy) is 1. The molecule has 0 fully saturated rings. The summed E-state index contributed by atoms with van der Waals surface area (Å²) in [5.74, 6) is 0.844. The fourth-order valence-corrected chi connectivity index (χ4v) is 3.58. The van der Waals surface area contributed by atoms with E-state index in [0.29, 0.717) is 22.6 Å². The normalized spacial score (nSPS) is 11.9. The summed E-state index contributed by atoms with van der Waals surface area (Å²) in [4.78, 5) is -0.487. The number of benzene rings is 3. The van der Waals surface area contributed by atoms with Crippen molar-refractivity contribution in [2.45, 2.75) is 11.1 Å². The van der Waals surface area contributed by atoms with Crippen molar-refractivity contribution < 1.29 is 26.3 Å². The minimum Gasteiger partial charge on any atom is -0.456 e. The predicted octanol–water partition coefficient (Wildman–Crippen LogP) is 5.95. The molecule has 0 spiro atoms. The van der Waals surface area contributed by atoms with Crippen molar-refractivity contribution in [3.8, 4) is 11.5 Å². The van der Waals surface area contributed by atoms with Crippen LogP contribution in [0.5, 0.6) is 11.5 Å². The van der Waals surface area contributed by atoms with Crippen LogP contribution in [-0.2, 0) is 16.2 Å². The molecule has 0 saturated carbocycles. The summed E-state index contributed by atoms with van der Waals surface area (Å²) >= 11 is 6.01. The number of rotatable bonds is 5. The molecule has 4 nitrogen and oxygen atoms in total. The van der Waals surface area contributed by atoms with Crippen molar-refractivity contribution >= 4 is 27.3 Å². The highest BCUT2D eigenvalue weighted by Gasteiger charge is 2.31. The molecule has 0 radical (unpaired) electrons. The molecule has 3 aromatic carbocycles. The first-order chi connectivity index (χ1) is 13.1.